The van der Waals surface area contributed by atoms with Crippen LogP contribution in [-0.4, -0.2) is 19.2 Å². The van der Waals surface area contributed by atoms with E-state index in [1.54, 1.807) is 0 Å². The molecule has 3 rings (SSSR count). The average molecular weight is 218 g/mol. The van der Waals surface area contributed by atoms with Gasteiger partial charge in [0, 0.05) is 11.8 Å². The largest absolute Gasteiger partial charge is 0.465 e. The lowest BCUT2D eigenvalue weighted by Gasteiger charge is -2.06. The molecule has 0 unspecified atom stereocenters. The summed E-state index contributed by atoms with van der Waals surface area (Å²) >= 11 is 0. The van der Waals surface area contributed by atoms with E-state index < -0.39 is 0 Å². The lowest BCUT2D eigenvalue weighted by atomic mass is 10.2. The van der Waals surface area contributed by atoms with Crippen molar-refractivity contribution >= 4 is 5.97 Å². The minimum atomic E-state index is -0.0293. The fourth-order valence-electron chi connectivity index (χ4n) is 2.41. The summed E-state index contributed by atoms with van der Waals surface area (Å²) in [6, 6.07) is 10.1. The number of carbonyl (C=O) groups excluding carboxylic acids is 1. The van der Waals surface area contributed by atoms with Gasteiger partial charge >= 0.3 is 5.97 Å². The summed E-state index contributed by atoms with van der Waals surface area (Å²) in [7, 11) is 0. The molecule has 84 valence electrons. The number of hydrogen-bond donors (Lipinski definition) is 0. The molecule has 1 aliphatic heterocycles. The first-order valence-corrected chi connectivity index (χ1v) is 5.64. The molecule has 0 amide bonds. The predicted octanol–water partition coefficient (Wildman–Crippen LogP) is 1.62. The van der Waals surface area contributed by atoms with Crippen molar-refractivity contribution in [3.63, 3.8) is 0 Å². The Kier molecular flexibility index (Phi) is 2.40. The van der Waals surface area contributed by atoms with E-state index in [2.05, 4.69) is 0 Å². The van der Waals surface area contributed by atoms with Crippen molar-refractivity contribution in [1.82, 2.24) is 0 Å². The molecular weight excluding hydrogens is 204 g/mol. The summed E-state index contributed by atoms with van der Waals surface area (Å²) in [4.78, 5) is 11.2. The van der Waals surface area contributed by atoms with Gasteiger partial charge in [0.25, 0.3) is 0 Å². The lowest BCUT2D eigenvalue weighted by molar-refractivity contribution is -0.142. The first kappa shape index (κ1) is 9.85. The van der Waals surface area contributed by atoms with E-state index in [0.29, 0.717) is 31.7 Å². The van der Waals surface area contributed by atoms with Gasteiger partial charge in [-0.25, -0.2) is 0 Å². The molecular formula is C13H14O3. The molecule has 1 aromatic rings. The van der Waals surface area contributed by atoms with Gasteiger partial charge in [-0.2, -0.15) is 0 Å². The second-order valence-electron chi connectivity index (χ2n) is 4.48. The van der Waals surface area contributed by atoms with Crippen molar-refractivity contribution in [1.29, 1.82) is 0 Å². The van der Waals surface area contributed by atoms with Gasteiger partial charge in [0.1, 0.15) is 0 Å². The Morgan fingerprint density at radius 1 is 1.31 bits per heavy atom. The van der Waals surface area contributed by atoms with E-state index in [1.807, 2.05) is 30.3 Å². The fourth-order valence-corrected chi connectivity index (χ4v) is 2.41. The molecule has 1 heterocycles. The van der Waals surface area contributed by atoms with Crippen LogP contribution in [0, 0.1) is 17.8 Å². The average Bonchev–Trinajstić information content (AvgIpc) is 2.87. The fraction of sp³-hybridized carbons (Fsp3) is 0.462. The number of carbonyl (C=O) groups is 1. The maximum Gasteiger partial charge on any atom is 0.309 e. The van der Waals surface area contributed by atoms with Crippen LogP contribution >= 0.6 is 0 Å². The van der Waals surface area contributed by atoms with Gasteiger partial charge in [-0.1, -0.05) is 30.3 Å². The molecule has 3 atom stereocenters. The molecule has 1 saturated carbocycles. The molecule has 3 heteroatoms. The van der Waals surface area contributed by atoms with Crippen LogP contribution in [0.5, 0.6) is 0 Å². The third-order valence-electron chi connectivity index (χ3n) is 3.44. The highest BCUT2D eigenvalue weighted by atomic mass is 16.5. The van der Waals surface area contributed by atoms with Crippen LogP contribution in [0.25, 0.3) is 0 Å². The summed E-state index contributed by atoms with van der Waals surface area (Å²) in [5, 5.41) is 0. The Labute approximate surface area is 94.4 Å². The Balaban J connectivity index is 1.44. The lowest BCUT2D eigenvalue weighted by Crippen LogP contribution is -2.09. The number of fused-ring (bicyclic) bond motifs is 1. The maximum atomic E-state index is 11.2. The van der Waals surface area contributed by atoms with Crippen LogP contribution in [-0.2, 0) is 20.9 Å². The topological polar surface area (TPSA) is 35.5 Å². The molecule has 2 fully saturated rings. The van der Waals surface area contributed by atoms with Crippen LogP contribution < -0.4 is 0 Å². The van der Waals surface area contributed by atoms with E-state index in [4.69, 9.17) is 9.47 Å². The van der Waals surface area contributed by atoms with Gasteiger partial charge in [0.2, 0.25) is 0 Å². The van der Waals surface area contributed by atoms with Crippen LogP contribution in [0.3, 0.4) is 0 Å². The van der Waals surface area contributed by atoms with E-state index in [9.17, 15) is 4.79 Å². The Morgan fingerprint density at radius 2 is 2.12 bits per heavy atom. The third-order valence-corrected chi connectivity index (χ3v) is 3.44. The molecule has 0 N–H and O–H groups in total. The van der Waals surface area contributed by atoms with Gasteiger partial charge in [-0.15, -0.1) is 0 Å². The van der Waals surface area contributed by atoms with Gasteiger partial charge in [0.15, 0.2) is 0 Å². The molecule has 1 aromatic carbocycles. The van der Waals surface area contributed by atoms with E-state index in [-0.39, 0.29) is 11.9 Å². The van der Waals surface area contributed by atoms with Crippen molar-refractivity contribution < 1.29 is 14.3 Å². The number of rotatable bonds is 4. The second kappa shape index (κ2) is 3.91. The minimum absolute atomic E-state index is 0.0293. The normalized spacial score (nSPS) is 31.0. The standard InChI is InChI=1S/C13H14O3/c14-13-12-10(11(12)8-16-13)7-15-6-9-4-2-1-3-5-9/h1-5,10-12H,6-8H2/t10-,11+,12-/m1/s1. The summed E-state index contributed by atoms with van der Waals surface area (Å²) in [6.45, 7) is 1.91. The quantitative estimate of drug-likeness (QED) is 0.720. The van der Waals surface area contributed by atoms with Crippen LogP contribution in [0.1, 0.15) is 5.56 Å². The Hall–Kier alpha value is -1.35. The zero-order valence-electron chi connectivity index (χ0n) is 8.96. The first-order chi connectivity index (χ1) is 7.86. The third kappa shape index (κ3) is 1.71. The summed E-state index contributed by atoms with van der Waals surface area (Å²) in [6.07, 6.45) is 0. The molecule has 0 spiro atoms. The highest BCUT2D eigenvalue weighted by Crippen LogP contribution is 2.51. The SMILES string of the molecule is O=C1OC[C@H]2[C@@H](COCc3ccccc3)[C@@H]12. The van der Waals surface area contributed by atoms with Crippen molar-refractivity contribution in [3.05, 3.63) is 35.9 Å². The summed E-state index contributed by atoms with van der Waals surface area (Å²) in [5.41, 5.74) is 1.18. The minimum Gasteiger partial charge on any atom is -0.465 e. The van der Waals surface area contributed by atoms with Crippen molar-refractivity contribution in [2.24, 2.45) is 17.8 Å². The summed E-state index contributed by atoms with van der Waals surface area (Å²) in [5.74, 6) is 0.947. The molecule has 1 saturated heterocycles. The molecule has 0 radical (unpaired) electrons. The highest BCUT2D eigenvalue weighted by molar-refractivity contribution is 5.79. The van der Waals surface area contributed by atoms with Crippen LogP contribution in [0.15, 0.2) is 30.3 Å². The van der Waals surface area contributed by atoms with Crippen molar-refractivity contribution in [2.75, 3.05) is 13.2 Å². The van der Waals surface area contributed by atoms with E-state index in [1.165, 1.54) is 5.56 Å². The molecule has 0 bridgehead atoms. The van der Waals surface area contributed by atoms with Gasteiger partial charge in [0.05, 0.1) is 25.7 Å². The Morgan fingerprint density at radius 3 is 2.81 bits per heavy atom. The smallest absolute Gasteiger partial charge is 0.309 e. The maximum absolute atomic E-state index is 11.2. The highest BCUT2D eigenvalue weighted by Gasteiger charge is 2.60. The van der Waals surface area contributed by atoms with E-state index in [0.717, 1.165) is 0 Å². The Bertz CT molecular complexity index is 387. The first-order valence-electron chi connectivity index (χ1n) is 5.64. The van der Waals surface area contributed by atoms with Crippen molar-refractivity contribution in [3.8, 4) is 0 Å². The molecule has 0 aromatic heterocycles. The zero-order valence-corrected chi connectivity index (χ0v) is 8.96. The monoisotopic (exact) mass is 218 g/mol. The van der Waals surface area contributed by atoms with Gasteiger partial charge < -0.3 is 9.47 Å². The van der Waals surface area contributed by atoms with Gasteiger partial charge in [-0.3, -0.25) is 4.79 Å². The van der Waals surface area contributed by atoms with Crippen LogP contribution in [0.2, 0.25) is 0 Å². The van der Waals surface area contributed by atoms with E-state index >= 15 is 0 Å². The summed E-state index contributed by atoms with van der Waals surface area (Å²) < 4.78 is 10.5. The molecule has 3 nitrogen and oxygen atoms in total. The second-order valence-corrected chi connectivity index (χ2v) is 4.48. The molecule has 16 heavy (non-hydrogen) atoms. The number of benzene rings is 1. The van der Waals surface area contributed by atoms with Crippen LogP contribution in [0.4, 0.5) is 0 Å². The number of hydrogen-bond acceptors (Lipinski definition) is 3. The van der Waals surface area contributed by atoms with Gasteiger partial charge in [-0.05, 0) is 5.56 Å². The number of esters is 1. The number of ether oxygens (including phenoxy) is 2. The molecule has 2 aliphatic rings. The number of cyclic esters (lactones) is 1. The molecule has 1 aliphatic carbocycles. The van der Waals surface area contributed by atoms with Crippen molar-refractivity contribution in [2.45, 2.75) is 6.61 Å². The zero-order chi connectivity index (χ0) is 11.0. The predicted molar refractivity (Wildman–Crippen MR) is 57.5 cm³/mol.